The maximum atomic E-state index is 12.4. The summed E-state index contributed by atoms with van der Waals surface area (Å²) >= 11 is 1.04. The number of thioether (sulfide) groups is 1. The topological polar surface area (TPSA) is 52.3 Å². The van der Waals surface area contributed by atoms with Crippen molar-refractivity contribution in [1.29, 1.82) is 0 Å². The molecule has 0 radical (unpaired) electrons. The van der Waals surface area contributed by atoms with Crippen LogP contribution in [0, 0.1) is 0 Å². The molecule has 0 saturated carbocycles. The van der Waals surface area contributed by atoms with Gasteiger partial charge >= 0.3 is 12.1 Å². The maximum absolute atomic E-state index is 12.4. The first-order chi connectivity index (χ1) is 8.34. The summed E-state index contributed by atoms with van der Waals surface area (Å²) in [5, 5.41) is 1.39. The Labute approximate surface area is 106 Å². The number of carbonyl (C=O) groups is 1. The highest BCUT2D eigenvalue weighted by Crippen LogP contribution is 2.34. The lowest BCUT2D eigenvalue weighted by molar-refractivity contribution is -0.137. The molecule has 0 spiro atoms. The zero-order valence-corrected chi connectivity index (χ0v) is 10.1. The molecule has 98 valence electrons. The summed E-state index contributed by atoms with van der Waals surface area (Å²) < 4.78 is 41.5. The Kier molecular flexibility index (Phi) is 4.66. The quantitative estimate of drug-likeness (QED) is 0.399. The average molecular weight is 277 g/mol. The second-order valence-corrected chi connectivity index (χ2v) is 4.14. The number of alkyl halides is 3. The van der Waals surface area contributed by atoms with Gasteiger partial charge in [0.1, 0.15) is 0 Å². The molecule has 0 aliphatic heterocycles. The SMILES string of the molecule is COC(=O)C=CSc1ccc(C(F)(F)F)cc1N. The number of benzene rings is 1. The molecule has 1 aromatic carbocycles. The Morgan fingerprint density at radius 2 is 2.11 bits per heavy atom. The van der Waals surface area contributed by atoms with Crippen molar-refractivity contribution in [2.24, 2.45) is 0 Å². The molecule has 0 aliphatic rings. The summed E-state index contributed by atoms with van der Waals surface area (Å²) in [5.41, 5.74) is 4.70. The van der Waals surface area contributed by atoms with Gasteiger partial charge in [0.15, 0.2) is 0 Å². The van der Waals surface area contributed by atoms with Crippen molar-refractivity contribution in [2.75, 3.05) is 12.8 Å². The molecule has 3 nitrogen and oxygen atoms in total. The molecule has 18 heavy (non-hydrogen) atoms. The Balaban J connectivity index is 2.81. The van der Waals surface area contributed by atoms with Gasteiger partial charge in [-0.2, -0.15) is 13.2 Å². The number of methoxy groups -OCH3 is 1. The number of rotatable bonds is 3. The zero-order valence-electron chi connectivity index (χ0n) is 9.32. The Bertz CT molecular complexity index is 472. The van der Waals surface area contributed by atoms with Gasteiger partial charge in [-0.15, -0.1) is 0 Å². The smallest absolute Gasteiger partial charge is 0.416 e. The van der Waals surface area contributed by atoms with Gasteiger partial charge in [-0.1, -0.05) is 11.8 Å². The molecular formula is C11H10F3NO2S. The molecule has 0 heterocycles. The highest BCUT2D eigenvalue weighted by atomic mass is 32.2. The zero-order chi connectivity index (χ0) is 13.8. The summed E-state index contributed by atoms with van der Waals surface area (Å²) in [6.45, 7) is 0. The number of esters is 1. The summed E-state index contributed by atoms with van der Waals surface area (Å²) in [7, 11) is 1.23. The standard InChI is InChI=1S/C11H10F3NO2S/c1-17-10(16)4-5-18-9-3-2-7(6-8(9)15)11(12,13)14/h2-6H,15H2,1H3. The van der Waals surface area contributed by atoms with E-state index in [0.29, 0.717) is 4.90 Å². The van der Waals surface area contributed by atoms with E-state index < -0.39 is 17.7 Å². The van der Waals surface area contributed by atoms with Gasteiger partial charge in [0, 0.05) is 16.7 Å². The number of hydrogen-bond acceptors (Lipinski definition) is 4. The van der Waals surface area contributed by atoms with Gasteiger partial charge < -0.3 is 10.5 Å². The molecule has 0 atom stereocenters. The van der Waals surface area contributed by atoms with Crippen molar-refractivity contribution in [2.45, 2.75) is 11.1 Å². The van der Waals surface area contributed by atoms with E-state index >= 15 is 0 Å². The fourth-order valence-electron chi connectivity index (χ4n) is 1.06. The molecule has 0 bridgehead atoms. The Hall–Kier alpha value is -1.63. The minimum atomic E-state index is -4.42. The molecule has 1 aromatic rings. The number of carbonyl (C=O) groups excluding carboxylic acids is 1. The third-order valence-corrected chi connectivity index (χ3v) is 2.84. The van der Waals surface area contributed by atoms with Crippen LogP contribution in [-0.2, 0) is 15.7 Å². The lowest BCUT2D eigenvalue weighted by Crippen LogP contribution is -2.05. The number of ether oxygens (including phenoxy) is 1. The monoisotopic (exact) mass is 277 g/mol. The minimum Gasteiger partial charge on any atom is -0.466 e. The first-order valence-electron chi connectivity index (χ1n) is 4.72. The molecule has 1 rings (SSSR count). The number of nitrogens with two attached hydrogens (primary N) is 1. The van der Waals surface area contributed by atoms with Gasteiger partial charge in [-0.25, -0.2) is 4.79 Å². The number of hydrogen-bond donors (Lipinski definition) is 1. The van der Waals surface area contributed by atoms with Crippen LogP contribution < -0.4 is 5.73 Å². The summed E-state index contributed by atoms with van der Waals surface area (Å²) in [5.74, 6) is -0.548. The summed E-state index contributed by atoms with van der Waals surface area (Å²) in [4.78, 5) is 11.2. The van der Waals surface area contributed by atoms with E-state index in [4.69, 9.17) is 5.73 Å². The highest BCUT2D eigenvalue weighted by Gasteiger charge is 2.30. The van der Waals surface area contributed by atoms with Crippen molar-refractivity contribution in [3.8, 4) is 0 Å². The molecule has 0 aliphatic carbocycles. The third-order valence-electron chi connectivity index (χ3n) is 1.94. The van der Waals surface area contributed by atoms with Gasteiger partial charge in [0.25, 0.3) is 0 Å². The van der Waals surface area contributed by atoms with E-state index in [-0.39, 0.29) is 5.69 Å². The van der Waals surface area contributed by atoms with E-state index in [1.54, 1.807) is 0 Å². The lowest BCUT2D eigenvalue weighted by atomic mass is 10.2. The number of anilines is 1. The van der Waals surface area contributed by atoms with E-state index in [2.05, 4.69) is 4.74 Å². The van der Waals surface area contributed by atoms with Crippen LogP contribution in [-0.4, -0.2) is 13.1 Å². The largest absolute Gasteiger partial charge is 0.466 e. The van der Waals surface area contributed by atoms with E-state index in [0.717, 1.165) is 30.0 Å². The highest BCUT2D eigenvalue weighted by molar-refractivity contribution is 8.02. The fourth-order valence-corrected chi connectivity index (χ4v) is 1.73. The number of nitrogen functional groups attached to an aromatic ring is 1. The van der Waals surface area contributed by atoms with Crippen LogP contribution in [0.3, 0.4) is 0 Å². The van der Waals surface area contributed by atoms with Crippen molar-refractivity contribution in [1.82, 2.24) is 0 Å². The van der Waals surface area contributed by atoms with Crippen molar-refractivity contribution in [3.63, 3.8) is 0 Å². The molecule has 7 heteroatoms. The lowest BCUT2D eigenvalue weighted by Gasteiger charge is -2.09. The predicted molar refractivity (Wildman–Crippen MR) is 62.9 cm³/mol. The Morgan fingerprint density at radius 1 is 1.44 bits per heavy atom. The average Bonchev–Trinajstić information content (AvgIpc) is 2.29. The fraction of sp³-hybridized carbons (Fsp3) is 0.182. The third kappa shape index (κ3) is 3.99. The van der Waals surface area contributed by atoms with Gasteiger partial charge in [0.05, 0.1) is 12.7 Å². The number of halogens is 3. The van der Waals surface area contributed by atoms with E-state index in [9.17, 15) is 18.0 Å². The molecule has 0 fully saturated rings. The van der Waals surface area contributed by atoms with Crippen LogP contribution in [0.2, 0.25) is 0 Å². The normalized spacial score (nSPS) is 11.8. The van der Waals surface area contributed by atoms with E-state index in [1.807, 2.05) is 0 Å². The van der Waals surface area contributed by atoms with E-state index in [1.165, 1.54) is 18.6 Å². The van der Waals surface area contributed by atoms with Crippen LogP contribution >= 0.6 is 11.8 Å². The molecule has 0 amide bonds. The summed E-state index contributed by atoms with van der Waals surface area (Å²) in [6, 6.07) is 3.05. The van der Waals surface area contributed by atoms with Gasteiger partial charge in [-0.05, 0) is 23.6 Å². The second kappa shape index (κ2) is 5.81. The second-order valence-electron chi connectivity index (χ2n) is 3.19. The predicted octanol–water partition coefficient (Wildman–Crippen LogP) is 3.07. The van der Waals surface area contributed by atoms with Crippen LogP contribution in [0.1, 0.15) is 5.56 Å². The van der Waals surface area contributed by atoms with Gasteiger partial charge in [-0.3, -0.25) is 0 Å². The van der Waals surface area contributed by atoms with Crippen molar-refractivity contribution >= 4 is 23.4 Å². The molecule has 2 N–H and O–H groups in total. The van der Waals surface area contributed by atoms with Crippen LogP contribution in [0.4, 0.5) is 18.9 Å². The maximum Gasteiger partial charge on any atom is 0.416 e. The van der Waals surface area contributed by atoms with Crippen LogP contribution in [0.5, 0.6) is 0 Å². The molecular weight excluding hydrogens is 267 g/mol. The molecule has 0 aromatic heterocycles. The van der Waals surface area contributed by atoms with Crippen LogP contribution in [0.15, 0.2) is 34.6 Å². The van der Waals surface area contributed by atoms with Crippen LogP contribution in [0.25, 0.3) is 0 Å². The first kappa shape index (κ1) is 14.4. The molecule has 0 unspecified atom stereocenters. The first-order valence-corrected chi connectivity index (χ1v) is 5.60. The summed E-state index contributed by atoms with van der Waals surface area (Å²) in [6.07, 6.45) is -3.26. The van der Waals surface area contributed by atoms with Gasteiger partial charge in [0.2, 0.25) is 0 Å². The Morgan fingerprint density at radius 3 is 2.61 bits per heavy atom. The molecule has 0 saturated heterocycles. The van der Waals surface area contributed by atoms with Crippen molar-refractivity contribution < 1.29 is 22.7 Å². The van der Waals surface area contributed by atoms with Crippen molar-refractivity contribution in [3.05, 3.63) is 35.2 Å². The minimum absolute atomic E-state index is 0.00402.